The number of nitrogens with zero attached hydrogens (tertiary/aromatic N) is 1. The molecule has 1 unspecified atom stereocenters. The lowest BCUT2D eigenvalue weighted by Gasteiger charge is -2.28. The van der Waals surface area contributed by atoms with Gasteiger partial charge in [0.15, 0.2) is 0 Å². The molecule has 2 atom stereocenters. The van der Waals surface area contributed by atoms with Crippen molar-refractivity contribution in [1.29, 1.82) is 0 Å². The molecule has 2 heterocycles. The summed E-state index contributed by atoms with van der Waals surface area (Å²) in [6.07, 6.45) is 0.895. The highest BCUT2D eigenvalue weighted by molar-refractivity contribution is 6.12. The van der Waals surface area contributed by atoms with Crippen LogP contribution in [0.25, 0.3) is 22.3 Å². The molecule has 3 N–H and O–H groups in total. The zero-order valence-electron chi connectivity index (χ0n) is 24.2. The van der Waals surface area contributed by atoms with Gasteiger partial charge in [-0.1, -0.05) is 30.3 Å². The first-order valence-electron chi connectivity index (χ1n) is 13.9. The summed E-state index contributed by atoms with van der Waals surface area (Å²) < 4.78 is 26.4. The van der Waals surface area contributed by atoms with Crippen molar-refractivity contribution in [3.8, 4) is 28.0 Å². The first-order chi connectivity index (χ1) is 20.2. The molecule has 0 radical (unpaired) electrons. The Morgan fingerprint density at radius 3 is 2.52 bits per heavy atom. The number of benzene rings is 3. The number of amides is 4. The van der Waals surface area contributed by atoms with E-state index in [4.69, 9.17) is 9.47 Å². The van der Waals surface area contributed by atoms with Gasteiger partial charge in [-0.15, -0.1) is 0 Å². The van der Waals surface area contributed by atoms with Gasteiger partial charge < -0.3 is 25.4 Å². The fourth-order valence-corrected chi connectivity index (χ4v) is 5.52. The number of imide groups is 1. The lowest BCUT2D eigenvalue weighted by Crippen LogP contribution is -2.56. The first kappa shape index (κ1) is 29.2. The monoisotopic (exact) mass is 574 g/mol. The summed E-state index contributed by atoms with van der Waals surface area (Å²) in [5, 5.41) is 8.77. The molecule has 9 nitrogen and oxygen atoms in total. The van der Waals surface area contributed by atoms with Crippen LogP contribution in [0.15, 0.2) is 48.5 Å². The molecule has 0 bridgehead atoms. The van der Waals surface area contributed by atoms with E-state index in [0.29, 0.717) is 42.3 Å². The fraction of sp³-hybridized carbons (Fsp3) is 0.344. The molecule has 3 aromatic rings. The Bertz CT molecular complexity index is 1540. The third-order valence-electron chi connectivity index (χ3n) is 8.11. The van der Waals surface area contributed by atoms with Gasteiger partial charge in [-0.3, -0.25) is 14.5 Å². The second-order valence-corrected chi connectivity index (χ2v) is 10.7. The Morgan fingerprint density at radius 1 is 1.10 bits per heavy atom. The number of carbonyl (C=O) groups is 3. The molecule has 2 aliphatic heterocycles. The first-order valence-corrected chi connectivity index (χ1v) is 13.9. The van der Waals surface area contributed by atoms with Gasteiger partial charge in [0.25, 0.3) is 0 Å². The maximum absolute atomic E-state index is 15.4. The van der Waals surface area contributed by atoms with Crippen molar-refractivity contribution in [2.24, 2.45) is 5.92 Å². The van der Waals surface area contributed by atoms with Gasteiger partial charge in [-0.2, -0.15) is 0 Å². The molecule has 2 saturated heterocycles. The molecule has 2 aliphatic rings. The number of hydrogen-bond donors (Lipinski definition) is 3. The highest BCUT2D eigenvalue weighted by Gasteiger charge is 2.36. The summed E-state index contributed by atoms with van der Waals surface area (Å²) in [5.41, 5.74) is 6.15. The smallest absolute Gasteiger partial charge is 0.323 e. The van der Waals surface area contributed by atoms with E-state index >= 15 is 4.39 Å². The van der Waals surface area contributed by atoms with Crippen molar-refractivity contribution in [2.45, 2.75) is 32.9 Å². The Labute approximate surface area is 244 Å². The predicted octanol–water partition coefficient (Wildman–Crippen LogP) is 4.40. The van der Waals surface area contributed by atoms with Crippen LogP contribution in [-0.2, 0) is 20.9 Å². The van der Waals surface area contributed by atoms with Crippen LogP contribution >= 0.6 is 0 Å². The van der Waals surface area contributed by atoms with Gasteiger partial charge in [0.05, 0.1) is 13.7 Å². The van der Waals surface area contributed by atoms with E-state index in [1.165, 1.54) is 13.1 Å². The van der Waals surface area contributed by atoms with Crippen LogP contribution < -0.4 is 20.7 Å². The largest absolute Gasteiger partial charge is 0.496 e. The molecule has 0 aromatic heterocycles. The number of halogens is 1. The molecule has 42 heavy (non-hydrogen) atoms. The molecule has 220 valence electrons. The minimum atomic E-state index is -1.02. The number of urea groups is 1. The molecule has 0 spiro atoms. The van der Waals surface area contributed by atoms with E-state index in [9.17, 15) is 14.4 Å². The molecular formula is C32H35FN4O5. The zero-order chi connectivity index (χ0) is 30.0. The van der Waals surface area contributed by atoms with Crippen molar-refractivity contribution in [2.75, 3.05) is 39.2 Å². The van der Waals surface area contributed by atoms with Gasteiger partial charge in [-0.25, -0.2) is 9.18 Å². The molecule has 2 fully saturated rings. The highest BCUT2D eigenvalue weighted by Crippen LogP contribution is 2.38. The standard InChI is InChI=1S/C32H35FN4O5/c1-18-22(20-13-27(33)25(29(14-20)41-4)15-34-21-11-12-42-17-21)7-5-8-23(18)24-9-6-10-28(19(24)2)36-30(38)26-16-35-32(40)37(3)31(26)39/h5-10,13-14,21,26,34H,11-12,15-17H2,1-4H3,(H,35,40)(H,36,38)/t21-,26?/m1/s1. The third-order valence-corrected chi connectivity index (χ3v) is 8.11. The Morgan fingerprint density at radius 2 is 1.81 bits per heavy atom. The van der Waals surface area contributed by atoms with Crippen LogP contribution in [0, 0.1) is 25.6 Å². The van der Waals surface area contributed by atoms with Gasteiger partial charge in [0.1, 0.15) is 17.5 Å². The van der Waals surface area contributed by atoms with Crippen LogP contribution in [0.3, 0.4) is 0 Å². The highest BCUT2D eigenvalue weighted by atomic mass is 19.1. The van der Waals surface area contributed by atoms with Crippen LogP contribution in [0.5, 0.6) is 5.75 Å². The van der Waals surface area contributed by atoms with Crippen molar-refractivity contribution in [1.82, 2.24) is 15.5 Å². The van der Waals surface area contributed by atoms with Crippen molar-refractivity contribution in [3.05, 3.63) is 71.0 Å². The van der Waals surface area contributed by atoms with Crippen LogP contribution in [-0.4, -0.2) is 62.7 Å². The quantitative estimate of drug-likeness (QED) is 0.344. The second-order valence-electron chi connectivity index (χ2n) is 10.7. The molecule has 0 aliphatic carbocycles. The lowest BCUT2D eigenvalue weighted by atomic mass is 9.90. The lowest BCUT2D eigenvalue weighted by molar-refractivity contribution is -0.138. The zero-order valence-corrected chi connectivity index (χ0v) is 24.2. The van der Waals surface area contributed by atoms with Crippen LogP contribution in [0.2, 0.25) is 0 Å². The number of ether oxygens (including phenoxy) is 2. The van der Waals surface area contributed by atoms with E-state index in [-0.39, 0.29) is 18.4 Å². The number of rotatable bonds is 8. The average Bonchev–Trinajstić information content (AvgIpc) is 3.50. The van der Waals surface area contributed by atoms with E-state index in [1.807, 2.05) is 50.2 Å². The number of carbonyl (C=O) groups excluding carboxylic acids is 3. The number of anilines is 1. The fourth-order valence-electron chi connectivity index (χ4n) is 5.52. The average molecular weight is 575 g/mol. The van der Waals surface area contributed by atoms with Crippen LogP contribution in [0.1, 0.15) is 23.1 Å². The van der Waals surface area contributed by atoms with Crippen molar-refractivity contribution < 1.29 is 28.2 Å². The molecule has 3 aromatic carbocycles. The Hall–Kier alpha value is -4.28. The van der Waals surface area contributed by atoms with E-state index < -0.39 is 23.8 Å². The second kappa shape index (κ2) is 12.3. The SMILES string of the molecule is COc1cc(-c2cccc(-c3cccc(NC(=O)C4CNC(=O)N(C)C4=O)c3C)c2C)cc(F)c1CN[C@@H]1CCOC1. The normalized spacial score (nSPS) is 18.6. The summed E-state index contributed by atoms with van der Waals surface area (Å²) in [7, 11) is 2.89. The summed E-state index contributed by atoms with van der Waals surface area (Å²) in [4.78, 5) is 38.2. The topological polar surface area (TPSA) is 109 Å². The van der Waals surface area contributed by atoms with E-state index in [0.717, 1.165) is 39.1 Å². The van der Waals surface area contributed by atoms with Gasteiger partial charge >= 0.3 is 6.03 Å². The van der Waals surface area contributed by atoms with Gasteiger partial charge in [-0.05, 0) is 71.8 Å². The van der Waals surface area contributed by atoms with Crippen molar-refractivity contribution in [3.63, 3.8) is 0 Å². The molecule has 4 amide bonds. The van der Waals surface area contributed by atoms with Gasteiger partial charge in [0.2, 0.25) is 11.8 Å². The minimum Gasteiger partial charge on any atom is -0.496 e. The molecular weight excluding hydrogens is 539 g/mol. The molecule has 10 heteroatoms. The van der Waals surface area contributed by atoms with Crippen molar-refractivity contribution >= 4 is 23.5 Å². The summed E-state index contributed by atoms with van der Waals surface area (Å²) in [6, 6.07) is 14.5. The summed E-state index contributed by atoms with van der Waals surface area (Å²) in [6.45, 7) is 5.49. The minimum absolute atomic E-state index is 0.0579. The summed E-state index contributed by atoms with van der Waals surface area (Å²) >= 11 is 0. The number of hydrogen-bond acceptors (Lipinski definition) is 6. The van der Waals surface area contributed by atoms with E-state index in [2.05, 4.69) is 16.0 Å². The number of methoxy groups -OCH3 is 1. The molecule has 0 saturated carbocycles. The van der Waals surface area contributed by atoms with E-state index in [1.54, 1.807) is 13.2 Å². The Kier molecular flexibility index (Phi) is 8.56. The van der Waals surface area contributed by atoms with Crippen LogP contribution in [0.4, 0.5) is 14.9 Å². The predicted molar refractivity (Wildman–Crippen MR) is 158 cm³/mol. The number of nitrogens with one attached hydrogen (secondary N) is 3. The molecule has 5 rings (SSSR count). The maximum atomic E-state index is 15.4. The maximum Gasteiger partial charge on any atom is 0.323 e. The summed E-state index contributed by atoms with van der Waals surface area (Å²) in [5.74, 6) is -1.93. The third kappa shape index (κ3) is 5.73. The van der Waals surface area contributed by atoms with Gasteiger partial charge in [0, 0.05) is 44.0 Å². The Balaban J connectivity index is 1.42.